The quantitative estimate of drug-likeness (QED) is 0.219. The van der Waals surface area contributed by atoms with E-state index in [4.69, 9.17) is 10.6 Å². The maximum absolute atomic E-state index is 5.60. The molecule has 0 aliphatic carbocycles. The number of hydrogen-bond donors (Lipinski definition) is 1. The smallest absolute Gasteiger partial charge is 0.111 e. The zero-order chi connectivity index (χ0) is 9.19. The Morgan fingerprint density at radius 2 is 2.42 bits per heavy atom. The molecule has 2 unspecified atom stereocenters. The van der Waals surface area contributed by atoms with E-state index in [1.807, 2.05) is 13.8 Å². The predicted molar refractivity (Wildman–Crippen MR) is 48.5 cm³/mol. The minimum Gasteiger partial charge on any atom is -0.365 e. The van der Waals surface area contributed by atoms with Crippen molar-refractivity contribution >= 4 is 6.34 Å². The molecule has 2 N–H and O–H groups in total. The number of nitrogens with zero attached hydrogens (tertiary/aromatic N) is 2. The summed E-state index contributed by atoms with van der Waals surface area (Å²) in [6.07, 6.45) is 3.27. The first-order chi connectivity index (χ1) is 5.58. The minimum absolute atomic E-state index is 0.0953. The Balaban J connectivity index is 2.31. The second kappa shape index (κ2) is 3.25. The van der Waals surface area contributed by atoms with Gasteiger partial charge in [-0.15, -0.1) is 0 Å². The Kier molecular flexibility index (Phi) is 2.49. The Hall–Kier alpha value is -0.870. The van der Waals surface area contributed by atoms with Crippen molar-refractivity contribution in [1.82, 2.24) is 5.01 Å². The van der Waals surface area contributed by atoms with Crippen molar-refractivity contribution in [1.29, 1.82) is 0 Å². The van der Waals surface area contributed by atoms with E-state index in [9.17, 15) is 0 Å². The van der Waals surface area contributed by atoms with Gasteiger partial charge in [-0.25, -0.2) is 10.8 Å². The van der Waals surface area contributed by atoms with Crippen LogP contribution in [-0.4, -0.2) is 29.6 Å². The van der Waals surface area contributed by atoms with E-state index in [2.05, 4.69) is 11.6 Å². The van der Waals surface area contributed by atoms with Crippen LogP contribution in [0.15, 0.2) is 17.8 Å². The molecule has 4 heteroatoms. The average Bonchev–Trinajstić information content (AvgIpc) is 2.55. The Morgan fingerprint density at radius 3 is 2.83 bits per heavy atom. The van der Waals surface area contributed by atoms with Crippen LogP contribution in [0, 0.1) is 0 Å². The molecule has 4 nitrogen and oxygen atoms in total. The Morgan fingerprint density at radius 1 is 1.83 bits per heavy atom. The number of hydrazine groups is 1. The van der Waals surface area contributed by atoms with Gasteiger partial charge in [0.2, 0.25) is 0 Å². The van der Waals surface area contributed by atoms with Crippen molar-refractivity contribution in [3.63, 3.8) is 0 Å². The van der Waals surface area contributed by atoms with E-state index >= 15 is 0 Å². The van der Waals surface area contributed by atoms with Crippen molar-refractivity contribution in [3.8, 4) is 0 Å². The van der Waals surface area contributed by atoms with Crippen LogP contribution in [0.4, 0.5) is 0 Å². The molecule has 1 rings (SSSR count). The summed E-state index contributed by atoms with van der Waals surface area (Å²) in [5.41, 5.74) is -0.0953. The molecule has 0 saturated carbocycles. The van der Waals surface area contributed by atoms with E-state index in [0.717, 1.165) is 0 Å². The van der Waals surface area contributed by atoms with Crippen LogP contribution in [0.3, 0.4) is 0 Å². The number of epoxide rings is 1. The van der Waals surface area contributed by atoms with E-state index < -0.39 is 0 Å². The topological polar surface area (TPSA) is 54.1 Å². The summed E-state index contributed by atoms with van der Waals surface area (Å²) in [7, 11) is 0. The Bertz CT molecular complexity index is 204. The predicted octanol–water partition coefficient (Wildman–Crippen LogP) is 0.511. The minimum atomic E-state index is -0.0953. The third kappa shape index (κ3) is 2.06. The van der Waals surface area contributed by atoms with Crippen molar-refractivity contribution in [2.24, 2.45) is 10.8 Å². The monoisotopic (exact) mass is 169 g/mol. The van der Waals surface area contributed by atoms with E-state index in [1.54, 1.807) is 0 Å². The highest BCUT2D eigenvalue weighted by Gasteiger charge is 2.49. The molecular formula is C8H15N3O. The molecule has 0 radical (unpaired) electrons. The lowest BCUT2D eigenvalue weighted by Crippen LogP contribution is -2.38. The van der Waals surface area contributed by atoms with Crippen molar-refractivity contribution in [2.45, 2.75) is 25.6 Å². The van der Waals surface area contributed by atoms with Gasteiger partial charge in [-0.1, -0.05) is 6.58 Å². The van der Waals surface area contributed by atoms with Crippen molar-refractivity contribution < 1.29 is 4.74 Å². The first kappa shape index (κ1) is 9.22. The highest BCUT2D eigenvalue weighted by molar-refractivity contribution is 5.55. The van der Waals surface area contributed by atoms with Crippen LogP contribution in [0.25, 0.3) is 0 Å². The number of aliphatic imine (C=N–C) groups is 1. The van der Waals surface area contributed by atoms with Crippen LogP contribution in [0.1, 0.15) is 13.8 Å². The molecule has 1 aliphatic rings. The molecule has 1 aliphatic heterocycles. The lowest BCUT2D eigenvalue weighted by atomic mass is 10.1. The van der Waals surface area contributed by atoms with E-state index in [-0.39, 0.29) is 5.60 Å². The summed E-state index contributed by atoms with van der Waals surface area (Å²) in [6, 6.07) is 0. The highest BCUT2D eigenvalue weighted by atomic mass is 16.6. The molecule has 2 atom stereocenters. The lowest BCUT2D eigenvalue weighted by Gasteiger charge is -2.14. The van der Waals surface area contributed by atoms with Crippen LogP contribution in [0.5, 0.6) is 0 Å². The standard InChI is InChI=1S/C8H15N3O/c1-4-10-6-11(9)5-8(3)7(2)12-8/h4,6-7H,1,5,9H2,2-3H3/b10-6-. The molecule has 12 heavy (non-hydrogen) atoms. The molecule has 0 bridgehead atoms. The summed E-state index contributed by atoms with van der Waals surface area (Å²) in [5, 5.41) is 1.51. The number of nitrogens with two attached hydrogens (primary N) is 1. The number of rotatable bonds is 4. The molecule has 0 amide bonds. The molecule has 1 fully saturated rings. The van der Waals surface area contributed by atoms with Gasteiger partial charge in [-0.05, 0) is 13.8 Å². The van der Waals surface area contributed by atoms with Gasteiger partial charge < -0.3 is 4.74 Å². The summed E-state index contributed by atoms with van der Waals surface area (Å²) in [5.74, 6) is 5.60. The highest BCUT2D eigenvalue weighted by Crippen LogP contribution is 2.35. The van der Waals surface area contributed by atoms with Crippen molar-refractivity contribution in [2.75, 3.05) is 6.54 Å². The zero-order valence-electron chi connectivity index (χ0n) is 7.53. The lowest BCUT2D eigenvalue weighted by molar-refractivity contribution is 0.261. The summed E-state index contributed by atoms with van der Waals surface area (Å²) in [6.45, 7) is 8.16. The van der Waals surface area contributed by atoms with Crippen LogP contribution < -0.4 is 5.84 Å². The van der Waals surface area contributed by atoms with Gasteiger partial charge in [0.25, 0.3) is 0 Å². The fourth-order valence-corrected chi connectivity index (χ4v) is 1.07. The summed E-state index contributed by atoms with van der Waals surface area (Å²) >= 11 is 0. The average molecular weight is 169 g/mol. The Labute approximate surface area is 72.7 Å². The van der Waals surface area contributed by atoms with Crippen LogP contribution >= 0.6 is 0 Å². The second-order valence-corrected chi connectivity index (χ2v) is 3.19. The summed E-state index contributed by atoms with van der Waals surface area (Å²) in [4.78, 5) is 3.79. The molecule has 0 spiro atoms. The number of hydrogen-bond acceptors (Lipinski definition) is 3. The maximum atomic E-state index is 5.60. The third-order valence-electron chi connectivity index (χ3n) is 2.07. The second-order valence-electron chi connectivity index (χ2n) is 3.19. The molecular weight excluding hydrogens is 154 g/mol. The van der Waals surface area contributed by atoms with Gasteiger partial charge in [0, 0.05) is 6.20 Å². The number of ether oxygens (including phenoxy) is 1. The molecule has 1 heterocycles. The zero-order valence-corrected chi connectivity index (χ0v) is 7.53. The fourth-order valence-electron chi connectivity index (χ4n) is 1.07. The van der Waals surface area contributed by atoms with Crippen molar-refractivity contribution in [3.05, 3.63) is 12.8 Å². The molecule has 1 saturated heterocycles. The van der Waals surface area contributed by atoms with Gasteiger partial charge in [-0.3, -0.25) is 5.01 Å². The van der Waals surface area contributed by atoms with E-state index in [0.29, 0.717) is 12.6 Å². The van der Waals surface area contributed by atoms with Gasteiger partial charge in [0.15, 0.2) is 0 Å². The van der Waals surface area contributed by atoms with E-state index in [1.165, 1.54) is 17.5 Å². The SMILES string of the molecule is C=C/N=C\N(N)CC1(C)OC1C. The first-order valence-corrected chi connectivity index (χ1v) is 3.92. The van der Waals surface area contributed by atoms with Gasteiger partial charge in [0.1, 0.15) is 11.9 Å². The molecule has 68 valence electrons. The summed E-state index contributed by atoms with van der Waals surface area (Å²) < 4.78 is 5.35. The fraction of sp³-hybridized carbons (Fsp3) is 0.625. The molecule has 0 aromatic heterocycles. The maximum Gasteiger partial charge on any atom is 0.111 e. The normalized spacial score (nSPS) is 33.8. The third-order valence-corrected chi connectivity index (χ3v) is 2.07. The molecule has 0 aromatic rings. The van der Waals surface area contributed by atoms with Gasteiger partial charge >= 0.3 is 0 Å². The molecule has 0 aromatic carbocycles. The van der Waals surface area contributed by atoms with Gasteiger partial charge in [0.05, 0.1) is 12.6 Å². The van der Waals surface area contributed by atoms with Crippen LogP contribution in [-0.2, 0) is 4.74 Å². The van der Waals surface area contributed by atoms with Crippen LogP contribution in [0.2, 0.25) is 0 Å². The first-order valence-electron chi connectivity index (χ1n) is 3.92. The van der Waals surface area contributed by atoms with Gasteiger partial charge in [-0.2, -0.15) is 0 Å². The largest absolute Gasteiger partial charge is 0.365 e.